The average molecular weight is 1150 g/mol. The normalized spacial score (nSPS) is 15.0. The summed E-state index contributed by atoms with van der Waals surface area (Å²) in [5.41, 5.74) is 17.2. The quantitative estimate of drug-likeness (QED) is 0.102. The Morgan fingerprint density at radius 3 is 1.08 bits per heavy atom. The molecule has 2 unspecified atom stereocenters. The molecule has 0 N–H and O–H groups in total. The number of rotatable bonds is 15. The lowest BCUT2D eigenvalue weighted by molar-refractivity contribution is 0.482. The molecule has 0 spiro atoms. The Kier molecular flexibility index (Phi) is 13.7. The van der Waals surface area contributed by atoms with Gasteiger partial charge in [-0.25, -0.2) is 8.78 Å². The van der Waals surface area contributed by atoms with Gasteiger partial charge in [0, 0.05) is 28.2 Å². The third kappa shape index (κ3) is 9.26. The van der Waals surface area contributed by atoms with Crippen molar-refractivity contribution in [2.45, 2.75) is 10.8 Å². The van der Waals surface area contributed by atoms with E-state index in [0.29, 0.717) is 34.1 Å². The van der Waals surface area contributed by atoms with Crippen LogP contribution in [0.25, 0.3) is 56.7 Å². The van der Waals surface area contributed by atoms with Crippen molar-refractivity contribution in [3.8, 4) is 67.5 Å². The summed E-state index contributed by atoms with van der Waals surface area (Å²) >= 11 is 0. The number of nitrogens with zero attached hydrogens (tertiary/aromatic N) is 1. The minimum Gasteiger partial charge on any atom is -0.457 e. The van der Waals surface area contributed by atoms with Gasteiger partial charge in [-0.15, -0.1) is 0 Å². The average Bonchev–Trinajstić information content (AvgIpc) is 1.63. The van der Waals surface area contributed by atoms with Gasteiger partial charge < -0.3 is 14.4 Å². The van der Waals surface area contributed by atoms with Crippen LogP contribution in [-0.4, -0.2) is 0 Å². The fourth-order valence-corrected chi connectivity index (χ4v) is 13.8. The van der Waals surface area contributed by atoms with Crippen molar-refractivity contribution in [1.82, 2.24) is 0 Å². The standard InChI is InChI=1S/C84H57F2NO2/c1-3-56-32-42-67(43-33-56)88-69-46-36-62(37-47-69)83(77-28-12-14-30-81(77)85)75-26-10-8-24-71(75)73-50-40-65(54-79(73)83)87(64-23-17-22-61(53-64)60-21-16-20-59(52-60)58-18-6-5-7-19-58)66-41-51-74-72-25-9-11-27-76(72)84(80(74)55-66,78-29-13-15-31-82(78)86)63-38-48-70(49-39-63)89-68-44-34-57(4-2)35-45-68/h3-55H,1-2H2. The zero-order valence-electron chi connectivity index (χ0n) is 48.5. The SMILES string of the molecule is C=Cc1ccc(Oc2ccc(C3(c4ccccc4F)c4ccccc4-c4ccc(N(c5cccc(-c6cccc(-c7ccccc7)c6)c5)c5ccc6c(c5)C(c5ccc(Oc7ccc(C=C)cc7)cc5)(c5ccccc5F)c5ccccc5-6)cc43)cc2)cc1. The fraction of sp³-hybridized carbons (Fsp3) is 0.0238. The van der Waals surface area contributed by atoms with E-state index in [-0.39, 0.29) is 11.6 Å². The first kappa shape index (κ1) is 54.3. The van der Waals surface area contributed by atoms with Crippen molar-refractivity contribution in [2.24, 2.45) is 0 Å². The maximum Gasteiger partial charge on any atom is 0.127 e. The third-order valence-corrected chi connectivity index (χ3v) is 17.8. The Balaban J connectivity index is 0.950. The Morgan fingerprint density at radius 1 is 0.281 bits per heavy atom. The van der Waals surface area contributed by atoms with Gasteiger partial charge in [-0.1, -0.05) is 232 Å². The van der Waals surface area contributed by atoms with E-state index in [4.69, 9.17) is 9.47 Å². The molecule has 0 amide bonds. The molecule has 2 aliphatic carbocycles. The van der Waals surface area contributed by atoms with E-state index in [1.54, 1.807) is 36.4 Å². The number of hydrogen-bond acceptors (Lipinski definition) is 3. The van der Waals surface area contributed by atoms with E-state index >= 15 is 8.78 Å². The van der Waals surface area contributed by atoms with Gasteiger partial charge in [-0.3, -0.25) is 0 Å². The van der Waals surface area contributed by atoms with Gasteiger partial charge in [0.15, 0.2) is 0 Å². The summed E-state index contributed by atoms with van der Waals surface area (Å²) in [6.45, 7) is 7.82. The maximum absolute atomic E-state index is 17.4. The van der Waals surface area contributed by atoms with Gasteiger partial charge in [0.1, 0.15) is 34.6 Å². The number of hydrogen-bond donors (Lipinski definition) is 0. The lowest BCUT2D eigenvalue weighted by atomic mass is 9.67. The number of halogens is 2. The summed E-state index contributed by atoms with van der Waals surface area (Å²) in [7, 11) is 0. The van der Waals surface area contributed by atoms with Crippen LogP contribution in [0.5, 0.6) is 23.0 Å². The molecule has 0 saturated carbocycles. The molecule has 0 radical (unpaired) electrons. The molecule has 0 bridgehead atoms. The highest BCUT2D eigenvalue weighted by Crippen LogP contribution is 2.60. The summed E-state index contributed by atoms with van der Waals surface area (Å²) in [5, 5.41) is 0. The minimum absolute atomic E-state index is 0.324. The summed E-state index contributed by atoms with van der Waals surface area (Å²) in [6, 6.07) is 104. The minimum atomic E-state index is -1.13. The van der Waals surface area contributed by atoms with Crippen LogP contribution in [0.4, 0.5) is 25.8 Å². The second-order valence-electron chi connectivity index (χ2n) is 22.6. The first-order valence-electron chi connectivity index (χ1n) is 29.9. The number of fused-ring (bicyclic) bond motifs is 6. The predicted octanol–water partition coefficient (Wildman–Crippen LogP) is 22.4. The molecular formula is C84H57F2NO2. The van der Waals surface area contributed by atoms with Crippen LogP contribution in [0.2, 0.25) is 0 Å². The molecule has 0 heterocycles. The molecule has 0 fully saturated rings. The van der Waals surface area contributed by atoms with Crippen molar-refractivity contribution >= 4 is 29.2 Å². The van der Waals surface area contributed by atoms with E-state index in [0.717, 1.165) is 106 Å². The predicted molar refractivity (Wildman–Crippen MR) is 360 cm³/mol. The topological polar surface area (TPSA) is 21.7 Å². The molecule has 13 aromatic rings. The van der Waals surface area contributed by atoms with Crippen molar-refractivity contribution in [2.75, 3.05) is 4.90 Å². The first-order chi connectivity index (χ1) is 43.8. The van der Waals surface area contributed by atoms with Crippen molar-refractivity contribution in [1.29, 1.82) is 0 Å². The van der Waals surface area contributed by atoms with Crippen LogP contribution in [0.3, 0.4) is 0 Å². The second-order valence-corrected chi connectivity index (χ2v) is 22.6. The molecule has 2 aliphatic rings. The van der Waals surface area contributed by atoms with Gasteiger partial charge in [-0.05, 0) is 192 Å². The summed E-state index contributed by atoms with van der Waals surface area (Å²) in [4.78, 5) is 2.30. The summed E-state index contributed by atoms with van der Waals surface area (Å²) < 4.78 is 47.7. The van der Waals surface area contributed by atoms with E-state index in [2.05, 4.69) is 188 Å². The Labute approximate surface area is 517 Å². The highest BCUT2D eigenvalue weighted by atomic mass is 19.1. The molecule has 15 rings (SSSR count). The molecule has 424 valence electrons. The number of benzene rings is 13. The van der Waals surface area contributed by atoms with E-state index in [1.165, 1.54) is 0 Å². The van der Waals surface area contributed by atoms with Crippen LogP contribution in [-0.2, 0) is 10.8 Å². The van der Waals surface area contributed by atoms with Crippen LogP contribution in [0.1, 0.15) is 55.6 Å². The second kappa shape index (κ2) is 22.5. The van der Waals surface area contributed by atoms with Gasteiger partial charge >= 0.3 is 0 Å². The van der Waals surface area contributed by atoms with E-state index in [9.17, 15) is 0 Å². The Bertz CT molecular complexity index is 4600. The van der Waals surface area contributed by atoms with Crippen LogP contribution >= 0.6 is 0 Å². The molecule has 2 atom stereocenters. The highest BCUT2D eigenvalue weighted by molar-refractivity contribution is 5.93. The van der Waals surface area contributed by atoms with Crippen LogP contribution < -0.4 is 14.4 Å². The van der Waals surface area contributed by atoms with Crippen LogP contribution in [0, 0.1) is 11.6 Å². The highest BCUT2D eigenvalue weighted by Gasteiger charge is 2.50. The van der Waals surface area contributed by atoms with Crippen molar-refractivity contribution in [3.63, 3.8) is 0 Å². The Hall–Kier alpha value is -11.4. The van der Waals surface area contributed by atoms with Gasteiger partial charge in [0.05, 0.1) is 10.8 Å². The molecule has 0 aromatic heterocycles. The van der Waals surface area contributed by atoms with E-state index in [1.807, 2.05) is 115 Å². The monoisotopic (exact) mass is 1150 g/mol. The molecular weight excluding hydrogens is 1090 g/mol. The smallest absolute Gasteiger partial charge is 0.127 e. The zero-order valence-corrected chi connectivity index (χ0v) is 48.5. The molecule has 13 aromatic carbocycles. The van der Waals surface area contributed by atoms with Gasteiger partial charge in [0.25, 0.3) is 0 Å². The van der Waals surface area contributed by atoms with Crippen molar-refractivity contribution in [3.05, 3.63) is 390 Å². The lowest BCUT2D eigenvalue weighted by Gasteiger charge is -2.36. The first-order valence-corrected chi connectivity index (χ1v) is 29.9. The number of anilines is 3. The molecule has 0 saturated heterocycles. The van der Waals surface area contributed by atoms with Crippen LogP contribution in [0.15, 0.2) is 323 Å². The Morgan fingerprint density at radius 2 is 0.629 bits per heavy atom. The molecule has 0 aliphatic heterocycles. The lowest BCUT2D eigenvalue weighted by Crippen LogP contribution is -2.30. The summed E-state index contributed by atoms with van der Waals surface area (Å²) in [6.07, 6.45) is 3.61. The van der Waals surface area contributed by atoms with Gasteiger partial charge in [-0.2, -0.15) is 0 Å². The van der Waals surface area contributed by atoms with E-state index < -0.39 is 10.8 Å². The fourth-order valence-electron chi connectivity index (χ4n) is 13.8. The molecule has 89 heavy (non-hydrogen) atoms. The summed E-state index contributed by atoms with van der Waals surface area (Å²) in [5.74, 6) is 2.03. The molecule has 5 heteroatoms. The zero-order chi connectivity index (χ0) is 60.1. The van der Waals surface area contributed by atoms with Gasteiger partial charge in [0.2, 0.25) is 0 Å². The maximum atomic E-state index is 17.4. The number of ether oxygens (including phenoxy) is 2. The third-order valence-electron chi connectivity index (χ3n) is 17.8. The largest absolute Gasteiger partial charge is 0.457 e. The molecule has 3 nitrogen and oxygen atoms in total. The van der Waals surface area contributed by atoms with Crippen molar-refractivity contribution < 1.29 is 18.3 Å².